The van der Waals surface area contributed by atoms with Crippen molar-refractivity contribution in [2.24, 2.45) is 0 Å². The van der Waals surface area contributed by atoms with Crippen molar-refractivity contribution >= 4 is 40.4 Å². The Morgan fingerprint density at radius 3 is 2.62 bits per heavy atom. The van der Waals surface area contributed by atoms with Gasteiger partial charge in [-0.15, -0.1) is 0 Å². The van der Waals surface area contributed by atoms with Crippen LogP contribution >= 0.6 is 22.6 Å². The van der Waals surface area contributed by atoms with E-state index >= 15 is 0 Å². The second kappa shape index (κ2) is 3.85. The van der Waals surface area contributed by atoms with Crippen molar-refractivity contribution in [2.75, 3.05) is 0 Å². The fraction of sp³-hybridized carbons (Fsp3) is 0.100. The first kappa shape index (κ1) is 11.1. The first-order chi connectivity index (χ1) is 7.50. The molecule has 0 radical (unpaired) electrons. The van der Waals surface area contributed by atoms with Crippen LogP contribution in [0, 0.1) is 3.57 Å². The number of hydrogen-bond donors (Lipinski definition) is 1. The fourth-order valence-electron chi connectivity index (χ4n) is 1.45. The number of ether oxygens (including phenoxy) is 1. The summed E-state index contributed by atoms with van der Waals surface area (Å²) in [6.45, 7) is 1.24. The lowest BCUT2D eigenvalue weighted by Crippen LogP contribution is -2.20. The smallest absolute Gasteiger partial charge is 0.308 e. The number of carbonyl (C=O) groups excluding carboxylic acids is 3. The fourth-order valence-corrected chi connectivity index (χ4v) is 2.01. The van der Waals surface area contributed by atoms with Gasteiger partial charge in [-0.05, 0) is 34.7 Å². The zero-order valence-corrected chi connectivity index (χ0v) is 10.3. The van der Waals surface area contributed by atoms with Gasteiger partial charge >= 0.3 is 5.97 Å². The van der Waals surface area contributed by atoms with Crippen molar-refractivity contribution in [3.63, 3.8) is 0 Å². The van der Waals surface area contributed by atoms with Gasteiger partial charge in [0.2, 0.25) is 0 Å². The molecule has 1 aromatic carbocycles. The van der Waals surface area contributed by atoms with Crippen LogP contribution in [0.2, 0.25) is 0 Å². The highest BCUT2D eigenvalue weighted by Gasteiger charge is 2.32. The molecule has 16 heavy (non-hydrogen) atoms. The lowest BCUT2D eigenvalue weighted by atomic mass is 10.1. The highest BCUT2D eigenvalue weighted by atomic mass is 127. The first-order valence-electron chi connectivity index (χ1n) is 4.37. The van der Waals surface area contributed by atoms with Crippen molar-refractivity contribution in [3.05, 3.63) is 26.8 Å². The maximum atomic E-state index is 11.5. The SMILES string of the molecule is CC(=O)Oc1c(I)ccc2c1C(=O)NC2=O. The minimum absolute atomic E-state index is 0.132. The van der Waals surface area contributed by atoms with Gasteiger partial charge in [0.25, 0.3) is 11.8 Å². The summed E-state index contributed by atoms with van der Waals surface area (Å²) in [5.74, 6) is -1.38. The van der Waals surface area contributed by atoms with Crippen LogP contribution < -0.4 is 10.1 Å². The number of amides is 2. The van der Waals surface area contributed by atoms with Crippen molar-refractivity contribution in [2.45, 2.75) is 6.92 Å². The molecular formula is C10H6INO4. The van der Waals surface area contributed by atoms with E-state index in [-0.39, 0.29) is 16.9 Å². The second-order valence-corrected chi connectivity index (χ2v) is 4.34. The van der Waals surface area contributed by atoms with Crippen molar-refractivity contribution in [3.8, 4) is 5.75 Å². The van der Waals surface area contributed by atoms with Crippen LogP contribution in [0.5, 0.6) is 5.75 Å². The predicted molar refractivity (Wildman–Crippen MR) is 62.3 cm³/mol. The largest absolute Gasteiger partial charge is 0.425 e. The molecule has 0 unspecified atom stereocenters. The molecule has 1 aromatic rings. The molecule has 0 bridgehead atoms. The summed E-state index contributed by atoms with van der Waals surface area (Å²) >= 11 is 1.94. The van der Waals surface area contributed by atoms with Crippen molar-refractivity contribution < 1.29 is 19.1 Å². The van der Waals surface area contributed by atoms with Crippen LogP contribution in [0.25, 0.3) is 0 Å². The molecule has 5 nitrogen and oxygen atoms in total. The van der Waals surface area contributed by atoms with Gasteiger partial charge in [0.1, 0.15) is 0 Å². The number of benzene rings is 1. The number of hydrogen-bond acceptors (Lipinski definition) is 4. The van der Waals surface area contributed by atoms with Crippen LogP contribution in [0.15, 0.2) is 12.1 Å². The Bertz CT molecular complexity index is 524. The summed E-state index contributed by atoms with van der Waals surface area (Å²) in [7, 11) is 0. The highest BCUT2D eigenvalue weighted by Crippen LogP contribution is 2.31. The number of nitrogens with one attached hydrogen (secondary N) is 1. The monoisotopic (exact) mass is 331 g/mol. The lowest BCUT2D eigenvalue weighted by molar-refractivity contribution is -0.131. The second-order valence-electron chi connectivity index (χ2n) is 3.18. The van der Waals surface area contributed by atoms with E-state index in [4.69, 9.17) is 4.74 Å². The lowest BCUT2D eigenvalue weighted by Gasteiger charge is -2.07. The molecule has 0 saturated heterocycles. The zero-order valence-electron chi connectivity index (χ0n) is 8.17. The number of fused-ring (bicyclic) bond motifs is 1. The number of esters is 1. The van der Waals surface area contributed by atoms with Crippen molar-refractivity contribution in [1.82, 2.24) is 5.32 Å². The van der Waals surface area contributed by atoms with Gasteiger partial charge < -0.3 is 4.74 Å². The van der Waals surface area contributed by atoms with E-state index in [1.165, 1.54) is 13.0 Å². The molecule has 0 aliphatic carbocycles. The molecule has 2 rings (SSSR count). The van der Waals surface area contributed by atoms with Gasteiger partial charge in [-0.25, -0.2) is 0 Å². The zero-order chi connectivity index (χ0) is 11.9. The van der Waals surface area contributed by atoms with Gasteiger partial charge in [-0.2, -0.15) is 0 Å². The van der Waals surface area contributed by atoms with Gasteiger partial charge in [-0.3, -0.25) is 19.7 Å². The maximum absolute atomic E-state index is 11.5. The van der Waals surface area contributed by atoms with E-state index in [1.54, 1.807) is 6.07 Å². The molecule has 0 spiro atoms. The molecular weight excluding hydrogens is 325 g/mol. The molecule has 82 valence electrons. The van der Waals surface area contributed by atoms with Crippen LogP contribution in [0.1, 0.15) is 27.6 Å². The molecule has 0 saturated carbocycles. The molecule has 0 fully saturated rings. The third-order valence-electron chi connectivity index (χ3n) is 2.05. The molecule has 1 N–H and O–H groups in total. The van der Waals surface area contributed by atoms with E-state index in [9.17, 15) is 14.4 Å². The summed E-state index contributed by atoms with van der Waals surface area (Å²) in [5.41, 5.74) is 0.369. The number of halogens is 1. The topological polar surface area (TPSA) is 72.5 Å². The maximum Gasteiger partial charge on any atom is 0.308 e. The Morgan fingerprint density at radius 2 is 2.00 bits per heavy atom. The Balaban J connectivity index is 2.64. The molecule has 1 aliphatic heterocycles. The number of imide groups is 1. The summed E-state index contributed by atoms with van der Waals surface area (Å²) < 4.78 is 5.55. The van der Waals surface area contributed by atoms with Gasteiger partial charge in [0.05, 0.1) is 14.7 Å². The van der Waals surface area contributed by atoms with Crippen LogP contribution in [0.3, 0.4) is 0 Å². The van der Waals surface area contributed by atoms with Gasteiger partial charge in [0, 0.05) is 6.92 Å². The minimum Gasteiger partial charge on any atom is -0.425 e. The summed E-state index contributed by atoms with van der Waals surface area (Å²) in [5, 5.41) is 2.15. The van der Waals surface area contributed by atoms with Crippen LogP contribution in [0.4, 0.5) is 0 Å². The molecule has 2 amide bonds. The van der Waals surface area contributed by atoms with E-state index in [1.807, 2.05) is 22.6 Å². The number of rotatable bonds is 1. The summed E-state index contributed by atoms with van der Waals surface area (Å²) in [4.78, 5) is 33.8. The molecule has 0 aromatic heterocycles. The van der Waals surface area contributed by atoms with Crippen molar-refractivity contribution in [1.29, 1.82) is 0 Å². The summed E-state index contributed by atoms with van der Waals surface area (Å²) in [6.07, 6.45) is 0. The average molecular weight is 331 g/mol. The molecule has 1 aliphatic rings. The van der Waals surface area contributed by atoms with E-state index < -0.39 is 17.8 Å². The molecule has 1 heterocycles. The Kier molecular flexibility index (Phi) is 2.66. The predicted octanol–water partition coefficient (Wildman–Crippen LogP) is 1.10. The number of carbonyl (C=O) groups is 3. The molecule has 6 heteroatoms. The highest BCUT2D eigenvalue weighted by molar-refractivity contribution is 14.1. The Hall–Kier alpha value is -1.44. The summed E-state index contributed by atoms with van der Waals surface area (Å²) in [6, 6.07) is 3.15. The Morgan fingerprint density at radius 1 is 1.31 bits per heavy atom. The molecule has 0 atom stereocenters. The third kappa shape index (κ3) is 1.69. The van der Waals surface area contributed by atoms with E-state index in [0.29, 0.717) is 3.57 Å². The van der Waals surface area contributed by atoms with E-state index in [2.05, 4.69) is 5.32 Å². The quantitative estimate of drug-likeness (QED) is 0.362. The standard InChI is InChI=1S/C10H6INO4/c1-4(13)16-8-6(11)3-2-5-7(8)10(15)12-9(5)14/h2-3H,1H3,(H,12,14,15). The van der Waals surface area contributed by atoms with E-state index in [0.717, 1.165) is 0 Å². The first-order valence-corrected chi connectivity index (χ1v) is 5.45. The third-order valence-corrected chi connectivity index (χ3v) is 2.90. The average Bonchev–Trinajstić information content (AvgIpc) is 2.46. The Labute approximate surface area is 104 Å². The van der Waals surface area contributed by atoms with Gasteiger partial charge in [0.15, 0.2) is 5.75 Å². The van der Waals surface area contributed by atoms with Gasteiger partial charge in [-0.1, -0.05) is 0 Å². The van der Waals surface area contributed by atoms with Crippen LogP contribution in [-0.2, 0) is 4.79 Å². The minimum atomic E-state index is -0.533. The normalized spacial score (nSPS) is 13.4. The van der Waals surface area contributed by atoms with Crippen LogP contribution in [-0.4, -0.2) is 17.8 Å².